The Bertz CT molecular complexity index is 1090. The van der Waals surface area contributed by atoms with E-state index >= 15 is 0 Å². The maximum absolute atomic E-state index is 12.8. The average molecular weight is 345 g/mol. The summed E-state index contributed by atoms with van der Waals surface area (Å²) in [5, 5.41) is 10.1. The molecule has 0 spiro atoms. The zero-order valence-electron chi connectivity index (χ0n) is 14.0. The van der Waals surface area contributed by atoms with E-state index in [9.17, 15) is 9.59 Å². The van der Waals surface area contributed by atoms with Crippen molar-refractivity contribution in [3.05, 3.63) is 72.1 Å². The zero-order valence-corrected chi connectivity index (χ0v) is 14.0. The van der Waals surface area contributed by atoms with Crippen molar-refractivity contribution in [2.75, 3.05) is 4.90 Å². The number of rotatable bonds is 3. The smallest absolute Gasteiger partial charge is 0.335 e. The lowest BCUT2D eigenvalue weighted by atomic mass is 10.2. The van der Waals surface area contributed by atoms with Gasteiger partial charge >= 0.3 is 5.97 Å². The van der Waals surface area contributed by atoms with E-state index in [4.69, 9.17) is 5.11 Å². The van der Waals surface area contributed by atoms with Crippen LogP contribution in [0.2, 0.25) is 0 Å². The number of amides is 1. The van der Waals surface area contributed by atoms with Gasteiger partial charge in [-0.25, -0.2) is 9.79 Å². The van der Waals surface area contributed by atoms with Crippen LogP contribution in [0, 0.1) is 0 Å². The van der Waals surface area contributed by atoms with Crippen LogP contribution in [0.25, 0.3) is 17.1 Å². The fraction of sp³-hybridized carbons (Fsp3) is 0.0500. The van der Waals surface area contributed by atoms with Crippen LogP contribution in [0.4, 0.5) is 5.69 Å². The highest BCUT2D eigenvalue weighted by Crippen LogP contribution is 2.25. The number of carboxylic acids is 1. The third kappa shape index (κ3) is 2.57. The monoisotopic (exact) mass is 345 g/mol. The Morgan fingerprint density at radius 2 is 1.81 bits per heavy atom. The number of amidine groups is 1. The SMILES string of the molecule is CC1=NC(=Cn2ccc3ccccc32)C(=O)N1c1ccc(C(=O)O)cc1. The molecule has 1 aromatic heterocycles. The van der Waals surface area contributed by atoms with Crippen molar-refractivity contribution < 1.29 is 14.7 Å². The van der Waals surface area contributed by atoms with Crippen molar-refractivity contribution in [2.45, 2.75) is 6.92 Å². The second-order valence-electron chi connectivity index (χ2n) is 5.95. The molecule has 1 N–H and O–H groups in total. The fourth-order valence-electron chi connectivity index (χ4n) is 3.02. The number of hydrogen-bond acceptors (Lipinski definition) is 3. The Labute approximate surface area is 149 Å². The van der Waals surface area contributed by atoms with Gasteiger partial charge < -0.3 is 9.67 Å². The molecule has 1 amide bonds. The minimum absolute atomic E-state index is 0.171. The molecule has 0 radical (unpaired) electrons. The van der Waals surface area contributed by atoms with Crippen molar-refractivity contribution >= 4 is 40.5 Å². The van der Waals surface area contributed by atoms with Gasteiger partial charge in [0.15, 0.2) is 0 Å². The summed E-state index contributed by atoms with van der Waals surface area (Å²) < 4.78 is 1.87. The maximum atomic E-state index is 12.8. The molecule has 0 bridgehead atoms. The van der Waals surface area contributed by atoms with E-state index in [1.807, 2.05) is 41.1 Å². The van der Waals surface area contributed by atoms with E-state index in [-0.39, 0.29) is 11.5 Å². The summed E-state index contributed by atoms with van der Waals surface area (Å²) in [5.41, 5.74) is 2.07. The summed E-state index contributed by atoms with van der Waals surface area (Å²) >= 11 is 0. The quantitative estimate of drug-likeness (QED) is 0.737. The number of aromatic nitrogens is 1. The van der Waals surface area contributed by atoms with Crippen LogP contribution in [-0.4, -0.2) is 27.4 Å². The number of benzene rings is 2. The predicted octanol–water partition coefficient (Wildman–Crippen LogP) is 3.60. The number of carboxylic acid groups (broad SMARTS) is 1. The number of carbonyl (C=O) groups is 2. The third-order valence-corrected chi connectivity index (χ3v) is 4.29. The Kier molecular flexibility index (Phi) is 3.65. The molecule has 1 aliphatic rings. The first-order chi connectivity index (χ1) is 12.5. The van der Waals surface area contributed by atoms with Crippen LogP contribution in [0.15, 0.2) is 71.5 Å². The molecule has 2 heterocycles. The number of aromatic carboxylic acids is 1. The molecule has 3 aromatic rings. The van der Waals surface area contributed by atoms with Crippen LogP contribution in [0.5, 0.6) is 0 Å². The lowest BCUT2D eigenvalue weighted by Gasteiger charge is -2.16. The molecule has 0 saturated carbocycles. The third-order valence-electron chi connectivity index (χ3n) is 4.29. The highest BCUT2D eigenvalue weighted by Gasteiger charge is 2.29. The largest absolute Gasteiger partial charge is 0.478 e. The molecule has 6 heteroatoms. The normalized spacial score (nSPS) is 15.7. The summed E-state index contributed by atoms with van der Waals surface area (Å²) in [6.07, 6.45) is 3.60. The number of carbonyl (C=O) groups excluding carboxylic acids is 1. The number of fused-ring (bicyclic) bond motifs is 1. The predicted molar refractivity (Wildman–Crippen MR) is 100 cm³/mol. The standard InChI is InChI=1S/C20H15N3O3/c1-13-21-17(12-22-11-10-14-4-2-3-5-18(14)22)19(24)23(13)16-8-6-15(7-9-16)20(25)26/h2-12H,1H3,(H,25,26). The maximum Gasteiger partial charge on any atom is 0.335 e. The van der Waals surface area contributed by atoms with Gasteiger partial charge in [-0.3, -0.25) is 9.69 Å². The van der Waals surface area contributed by atoms with Gasteiger partial charge in [-0.2, -0.15) is 0 Å². The minimum Gasteiger partial charge on any atom is -0.478 e. The number of hydrogen-bond donors (Lipinski definition) is 1. The van der Waals surface area contributed by atoms with Crippen LogP contribution in [0.1, 0.15) is 17.3 Å². The highest BCUT2D eigenvalue weighted by molar-refractivity contribution is 6.27. The first-order valence-electron chi connectivity index (χ1n) is 8.05. The Morgan fingerprint density at radius 1 is 1.08 bits per heavy atom. The molecule has 0 atom stereocenters. The van der Waals surface area contributed by atoms with Crippen molar-refractivity contribution in [1.29, 1.82) is 0 Å². The topological polar surface area (TPSA) is 74.9 Å². The van der Waals surface area contributed by atoms with Gasteiger partial charge in [0.1, 0.15) is 11.5 Å². The number of nitrogens with zero attached hydrogens (tertiary/aromatic N) is 3. The van der Waals surface area contributed by atoms with Gasteiger partial charge in [-0.15, -0.1) is 0 Å². The van der Waals surface area contributed by atoms with Crippen molar-refractivity contribution in [3.8, 4) is 0 Å². The van der Waals surface area contributed by atoms with E-state index < -0.39 is 5.97 Å². The number of para-hydroxylation sites is 1. The minimum atomic E-state index is -1.00. The van der Waals surface area contributed by atoms with Crippen LogP contribution < -0.4 is 4.90 Å². The van der Waals surface area contributed by atoms with Gasteiger partial charge in [0.05, 0.1) is 16.8 Å². The van der Waals surface area contributed by atoms with Crippen molar-refractivity contribution in [3.63, 3.8) is 0 Å². The van der Waals surface area contributed by atoms with E-state index in [1.54, 1.807) is 25.3 Å². The molecular weight excluding hydrogens is 330 g/mol. The van der Waals surface area contributed by atoms with Crippen molar-refractivity contribution in [1.82, 2.24) is 4.57 Å². The highest BCUT2D eigenvalue weighted by atomic mass is 16.4. The molecule has 26 heavy (non-hydrogen) atoms. The summed E-state index contributed by atoms with van der Waals surface area (Å²) in [5.74, 6) is -0.709. The molecule has 0 saturated heterocycles. The molecule has 1 aliphatic heterocycles. The number of aliphatic imine (C=N–C) groups is 1. The molecule has 0 aliphatic carbocycles. The van der Waals surface area contributed by atoms with Gasteiger partial charge in [-0.05, 0) is 48.7 Å². The zero-order chi connectivity index (χ0) is 18.3. The second kappa shape index (κ2) is 6.00. The number of anilines is 1. The first kappa shape index (κ1) is 15.8. The molecule has 128 valence electrons. The van der Waals surface area contributed by atoms with Crippen LogP contribution in [0.3, 0.4) is 0 Å². The Balaban J connectivity index is 1.69. The second-order valence-corrected chi connectivity index (χ2v) is 5.95. The molecular formula is C20H15N3O3. The van der Waals surface area contributed by atoms with E-state index in [0.717, 1.165) is 10.9 Å². The molecule has 2 aromatic carbocycles. The summed E-state index contributed by atoms with van der Waals surface area (Å²) in [6, 6.07) is 16.0. The summed E-state index contributed by atoms with van der Waals surface area (Å²) in [4.78, 5) is 29.7. The lowest BCUT2D eigenvalue weighted by molar-refractivity contribution is -0.113. The van der Waals surface area contributed by atoms with E-state index in [1.165, 1.54) is 17.0 Å². The lowest BCUT2D eigenvalue weighted by Crippen LogP contribution is -2.30. The summed E-state index contributed by atoms with van der Waals surface area (Å²) in [7, 11) is 0. The van der Waals surface area contributed by atoms with Gasteiger partial charge in [0, 0.05) is 12.4 Å². The molecule has 4 rings (SSSR count). The Hall–Kier alpha value is -3.67. The van der Waals surface area contributed by atoms with Crippen LogP contribution in [-0.2, 0) is 4.79 Å². The molecule has 6 nitrogen and oxygen atoms in total. The van der Waals surface area contributed by atoms with Gasteiger partial charge in [0.25, 0.3) is 5.91 Å². The molecule has 0 unspecified atom stereocenters. The molecule has 0 fully saturated rings. The van der Waals surface area contributed by atoms with Crippen LogP contribution >= 0.6 is 0 Å². The van der Waals surface area contributed by atoms with E-state index in [2.05, 4.69) is 4.99 Å². The Morgan fingerprint density at radius 3 is 2.54 bits per heavy atom. The first-order valence-corrected chi connectivity index (χ1v) is 8.05. The van der Waals surface area contributed by atoms with E-state index in [0.29, 0.717) is 17.2 Å². The van der Waals surface area contributed by atoms with Gasteiger partial charge in [0.2, 0.25) is 0 Å². The van der Waals surface area contributed by atoms with Crippen molar-refractivity contribution in [2.24, 2.45) is 4.99 Å². The van der Waals surface area contributed by atoms with Gasteiger partial charge in [-0.1, -0.05) is 18.2 Å². The summed E-state index contributed by atoms with van der Waals surface area (Å²) in [6.45, 7) is 1.75. The average Bonchev–Trinajstić information content (AvgIpc) is 3.16. The fourth-order valence-corrected chi connectivity index (χ4v) is 3.02.